The summed E-state index contributed by atoms with van der Waals surface area (Å²) in [6.07, 6.45) is 2.64. The normalized spacial score (nSPS) is 32.1. The van der Waals surface area contributed by atoms with E-state index >= 15 is 0 Å². The van der Waals surface area contributed by atoms with Gasteiger partial charge in [-0.3, -0.25) is 9.59 Å². The number of carbonyl (C=O) groups excluding carboxylic acids is 1. The van der Waals surface area contributed by atoms with Crippen molar-refractivity contribution in [2.75, 3.05) is 19.8 Å². The summed E-state index contributed by atoms with van der Waals surface area (Å²) in [7, 11) is 0. The number of carbonyl (C=O) groups is 2. The van der Waals surface area contributed by atoms with Crippen molar-refractivity contribution in [3.8, 4) is 0 Å². The lowest BCUT2D eigenvalue weighted by atomic mass is 10.0. The first-order valence-corrected chi connectivity index (χ1v) is 6.50. The van der Waals surface area contributed by atoms with Crippen LogP contribution in [0.25, 0.3) is 0 Å². The molecule has 0 bridgehead atoms. The molecule has 2 fully saturated rings. The van der Waals surface area contributed by atoms with Crippen LogP contribution in [0.5, 0.6) is 0 Å². The van der Waals surface area contributed by atoms with Crippen molar-refractivity contribution in [1.29, 1.82) is 0 Å². The molecular weight excluding hydrogens is 236 g/mol. The van der Waals surface area contributed by atoms with Gasteiger partial charge in [0, 0.05) is 25.0 Å². The van der Waals surface area contributed by atoms with Gasteiger partial charge in [-0.1, -0.05) is 6.42 Å². The van der Waals surface area contributed by atoms with Crippen LogP contribution in [0.4, 0.5) is 0 Å². The fraction of sp³-hybridized carbons (Fsp3) is 0.833. The largest absolute Gasteiger partial charge is 0.481 e. The third kappa shape index (κ3) is 3.43. The zero-order chi connectivity index (χ0) is 13.0. The van der Waals surface area contributed by atoms with E-state index in [1.54, 1.807) is 0 Å². The summed E-state index contributed by atoms with van der Waals surface area (Å²) in [5.74, 6) is -1.32. The molecule has 0 aromatic rings. The summed E-state index contributed by atoms with van der Waals surface area (Å²) in [6, 6.07) is -0.164. The summed E-state index contributed by atoms with van der Waals surface area (Å²) in [5.41, 5.74) is 0. The number of amides is 1. The molecule has 1 heterocycles. The highest BCUT2D eigenvalue weighted by Gasteiger charge is 2.34. The minimum atomic E-state index is -0.808. The smallest absolute Gasteiger partial charge is 0.308 e. The minimum Gasteiger partial charge on any atom is -0.481 e. The summed E-state index contributed by atoms with van der Waals surface area (Å²) < 4.78 is 5.28. The van der Waals surface area contributed by atoms with Crippen molar-refractivity contribution in [1.82, 2.24) is 10.6 Å². The first-order chi connectivity index (χ1) is 8.66. The average Bonchev–Trinajstić information content (AvgIpc) is 2.78. The van der Waals surface area contributed by atoms with Gasteiger partial charge in [-0.15, -0.1) is 0 Å². The number of hydrogen-bond acceptors (Lipinski definition) is 4. The Balaban J connectivity index is 1.77. The maximum atomic E-state index is 11.8. The van der Waals surface area contributed by atoms with Gasteiger partial charge in [0.25, 0.3) is 0 Å². The van der Waals surface area contributed by atoms with Crippen molar-refractivity contribution < 1.29 is 19.4 Å². The van der Waals surface area contributed by atoms with E-state index < -0.39 is 11.9 Å². The molecule has 2 aliphatic rings. The van der Waals surface area contributed by atoms with Crippen molar-refractivity contribution in [3.63, 3.8) is 0 Å². The van der Waals surface area contributed by atoms with Gasteiger partial charge in [-0.05, 0) is 12.8 Å². The molecule has 1 saturated heterocycles. The Hall–Kier alpha value is -1.14. The maximum absolute atomic E-state index is 11.8. The molecule has 6 heteroatoms. The summed E-state index contributed by atoms with van der Waals surface area (Å²) in [5, 5.41) is 15.1. The highest BCUT2D eigenvalue weighted by atomic mass is 16.5. The Labute approximate surface area is 106 Å². The first kappa shape index (κ1) is 13.3. The van der Waals surface area contributed by atoms with Crippen molar-refractivity contribution in [2.45, 2.75) is 37.8 Å². The van der Waals surface area contributed by atoms with Crippen molar-refractivity contribution in [3.05, 3.63) is 0 Å². The predicted molar refractivity (Wildman–Crippen MR) is 64.1 cm³/mol. The van der Waals surface area contributed by atoms with E-state index in [9.17, 15) is 9.59 Å². The van der Waals surface area contributed by atoms with Crippen LogP contribution in [0.15, 0.2) is 0 Å². The number of ether oxygens (including phenoxy) is 1. The van der Waals surface area contributed by atoms with E-state index in [0.717, 1.165) is 19.4 Å². The van der Waals surface area contributed by atoms with Gasteiger partial charge in [0.2, 0.25) is 5.91 Å². The quantitative estimate of drug-likeness (QED) is 0.644. The van der Waals surface area contributed by atoms with Gasteiger partial charge in [0.05, 0.1) is 19.1 Å². The molecule has 102 valence electrons. The molecule has 3 atom stereocenters. The number of carboxylic acid groups (broad SMARTS) is 1. The second kappa shape index (κ2) is 6.15. The zero-order valence-electron chi connectivity index (χ0n) is 10.4. The second-order valence-electron chi connectivity index (χ2n) is 4.98. The number of carboxylic acids is 1. The number of aliphatic carboxylic acids is 1. The van der Waals surface area contributed by atoms with Crippen molar-refractivity contribution >= 4 is 11.9 Å². The standard InChI is InChI=1S/C12H20N2O4/c15-11(6-8-7-18-5-4-13-8)14-10-3-1-2-9(10)12(16)17/h8-10,13H,1-7H2,(H,14,15)(H,16,17). The second-order valence-corrected chi connectivity index (χ2v) is 4.98. The fourth-order valence-corrected chi connectivity index (χ4v) is 2.67. The summed E-state index contributed by atoms with van der Waals surface area (Å²) >= 11 is 0. The van der Waals surface area contributed by atoms with Crippen LogP contribution in [-0.2, 0) is 14.3 Å². The van der Waals surface area contributed by atoms with Crippen molar-refractivity contribution in [2.24, 2.45) is 5.92 Å². The van der Waals surface area contributed by atoms with E-state index in [1.165, 1.54) is 0 Å². The Morgan fingerprint density at radius 3 is 2.89 bits per heavy atom. The molecular formula is C12H20N2O4. The van der Waals surface area contributed by atoms with Crippen LogP contribution in [0.1, 0.15) is 25.7 Å². The Bertz CT molecular complexity index is 315. The maximum Gasteiger partial charge on any atom is 0.308 e. The molecule has 1 saturated carbocycles. The van der Waals surface area contributed by atoms with E-state index in [0.29, 0.717) is 26.1 Å². The fourth-order valence-electron chi connectivity index (χ4n) is 2.67. The van der Waals surface area contributed by atoms with Gasteiger partial charge < -0.3 is 20.5 Å². The van der Waals surface area contributed by atoms with Gasteiger partial charge in [0.1, 0.15) is 0 Å². The molecule has 0 radical (unpaired) electrons. The molecule has 0 aromatic carbocycles. The molecule has 1 aliphatic carbocycles. The monoisotopic (exact) mass is 256 g/mol. The number of nitrogens with one attached hydrogen (secondary N) is 2. The molecule has 6 nitrogen and oxygen atoms in total. The Morgan fingerprint density at radius 1 is 1.39 bits per heavy atom. The molecule has 0 aromatic heterocycles. The first-order valence-electron chi connectivity index (χ1n) is 6.50. The molecule has 18 heavy (non-hydrogen) atoms. The van der Waals surface area contributed by atoms with Gasteiger partial charge >= 0.3 is 5.97 Å². The summed E-state index contributed by atoms with van der Waals surface area (Å²) in [4.78, 5) is 22.8. The number of rotatable bonds is 4. The number of hydrogen-bond donors (Lipinski definition) is 3. The van der Waals surface area contributed by atoms with E-state index in [2.05, 4.69) is 10.6 Å². The van der Waals surface area contributed by atoms with Crippen LogP contribution in [0.3, 0.4) is 0 Å². The average molecular weight is 256 g/mol. The van der Waals surface area contributed by atoms with Crippen LogP contribution in [-0.4, -0.2) is 48.8 Å². The van der Waals surface area contributed by atoms with Crippen LogP contribution in [0.2, 0.25) is 0 Å². The zero-order valence-corrected chi connectivity index (χ0v) is 10.4. The van der Waals surface area contributed by atoms with Gasteiger partial charge in [0.15, 0.2) is 0 Å². The number of morpholine rings is 1. The molecule has 3 unspecified atom stereocenters. The summed E-state index contributed by atoms with van der Waals surface area (Å²) in [6.45, 7) is 1.99. The van der Waals surface area contributed by atoms with E-state index in [1.807, 2.05) is 0 Å². The van der Waals surface area contributed by atoms with E-state index in [4.69, 9.17) is 9.84 Å². The van der Waals surface area contributed by atoms with Crippen LogP contribution in [0, 0.1) is 5.92 Å². The SMILES string of the molecule is O=C(CC1COCCN1)NC1CCCC1C(=O)O. The Kier molecular flexibility index (Phi) is 4.54. The molecule has 1 amide bonds. The third-order valence-corrected chi connectivity index (χ3v) is 3.61. The van der Waals surface area contributed by atoms with E-state index in [-0.39, 0.29) is 18.0 Å². The topological polar surface area (TPSA) is 87.7 Å². The highest BCUT2D eigenvalue weighted by Crippen LogP contribution is 2.25. The predicted octanol–water partition coefficient (Wildman–Crippen LogP) is -0.266. The Morgan fingerprint density at radius 2 is 2.22 bits per heavy atom. The van der Waals surface area contributed by atoms with Gasteiger partial charge in [-0.2, -0.15) is 0 Å². The van der Waals surface area contributed by atoms with Crippen LogP contribution >= 0.6 is 0 Å². The lowest BCUT2D eigenvalue weighted by Gasteiger charge is -2.24. The molecule has 2 rings (SSSR count). The lowest BCUT2D eigenvalue weighted by molar-refractivity contribution is -0.142. The third-order valence-electron chi connectivity index (χ3n) is 3.61. The van der Waals surface area contributed by atoms with Gasteiger partial charge in [-0.25, -0.2) is 0 Å². The van der Waals surface area contributed by atoms with Crippen LogP contribution < -0.4 is 10.6 Å². The molecule has 0 spiro atoms. The lowest BCUT2D eigenvalue weighted by Crippen LogP contribution is -2.47. The molecule has 3 N–H and O–H groups in total. The highest BCUT2D eigenvalue weighted by molar-refractivity contribution is 5.78. The minimum absolute atomic E-state index is 0.0448. The molecule has 1 aliphatic heterocycles.